The third-order valence-electron chi connectivity index (χ3n) is 7.76. The topological polar surface area (TPSA) is 72.7 Å². The third kappa shape index (κ3) is 3.02. The van der Waals surface area contributed by atoms with Gasteiger partial charge in [-0.05, 0) is 66.8 Å². The van der Waals surface area contributed by atoms with Crippen LogP contribution in [0.1, 0.15) is 50.5 Å². The summed E-state index contributed by atoms with van der Waals surface area (Å²) in [7, 11) is 0. The molecule has 4 saturated carbocycles. The Hall–Kier alpha value is -1.95. The molecule has 1 heterocycles. The Kier molecular flexibility index (Phi) is 4.23. The van der Waals surface area contributed by atoms with E-state index in [1.54, 1.807) is 12.1 Å². The Bertz CT molecular complexity index is 770. The predicted octanol–water partition coefficient (Wildman–Crippen LogP) is 3.68. The molecule has 5 aliphatic rings. The Balaban J connectivity index is 1.40. The third-order valence-corrected chi connectivity index (χ3v) is 7.76. The Morgan fingerprint density at radius 2 is 1.75 bits per heavy atom. The standard InChI is InChI=1S/C22H28N2O4/c25-20(23-5-7-28-8-6-23)14-21-10-16-9-17(11-21)13-22(12-16,15-21)18-1-3-19(4-2-18)24(26)27/h1-4,16-17H,5-15H2. The number of ether oxygens (including phenoxy) is 1. The Morgan fingerprint density at radius 3 is 2.36 bits per heavy atom. The molecule has 5 fully saturated rings. The smallest absolute Gasteiger partial charge is 0.269 e. The summed E-state index contributed by atoms with van der Waals surface area (Å²) >= 11 is 0. The van der Waals surface area contributed by atoms with E-state index in [2.05, 4.69) is 0 Å². The highest BCUT2D eigenvalue weighted by Crippen LogP contribution is 2.66. The molecule has 6 rings (SSSR count). The molecule has 1 aromatic rings. The number of amides is 1. The van der Waals surface area contributed by atoms with E-state index in [1.807, 2.05) is 17.0 Å². The molecule has 2 atom stereocenters. The van der Waals surface area contributed by atoms with E-state index in [-0.39, 0.29) is 21.4 Å². The van der Waals surface area contributed by atoms with Crippen LogP contribution in [-0.4, -0.2) is 42.0 Å². The number of nitrogens with zero attached hydrogens (tertiary/aromatic N) is 2. The first-order valence-electron chi connectivity index (χ1n) is 10.6. The lowest BCUT2D eigenvalue weighted by Gasteiger charge is -2.62. The highest BCUT2D eigenvalue weighted by atomic mass is 16.6. The first-order chi connectivity index (χ1) is 13.5. The molecule has 4 aliphatic carbocycles. The molecule has 0 aromatic heterocycles. The first-order valence-corrected chi connectivity index (χ1v) is 10.6. The lowest BCUT2D eigenvalue weighted by atomic mass is 9.42. The number of nitro groups is 1. The van der Waals surface area contributed by atoms with Crippen molar-refractivity contribution in [2.24, 2.45) is 17.3 Å². The van der Waals surface area contributed by atoms with Gasteiger partial charge in [0.2, 0.25) is 5.91 Å². The number of morpholine rings is 1. The highest BCUT2D eigenvalue weighted by molar-refractivity contribution is 5.77. The van der Waals surface area contributed by atoms with E-state index in [9.17, 15) is 14.9 Å². The lowest BCUT2D eigenvalue weighted by Crippen LogP contribution is -2.55. The van der Waals surface area contributed by atoms with Crippen LogP contribution in [0.2, 0.25) is 0 Å². The summed E-state index contributed by atoms with van der Waals surface area (Å²) in [5.41, 5.74) is 1.62. The average molecular weight is 384 g/mol. The van der Waals surface area contributed by atoms with E-state index < -0.39 is 0 Å². The van der Waals surface area contributed by atoms with Crippen LogP contribution in [0, 0.1) is 27.4 Å². The number of rotatable bonds is 4. The zero-order chi connectivity index (χ0) is 19.4. The van der Waals surface area contributed by atoms with Crippen LogP contribution in [0.15, 0.2) is 24.3 Å². The van der Waals surface area contributed by atoms with Gasteiger partial charge in [0, 0.05) is 31.6 Å². The summed E-state index contributed by atoms with van der Waals surface area (Å²) in [5, 5.41) is 11.0. The molecule has 0 spiro atoms. The monoisotopic (exact) mass is 384 g/mol. The summed E-state index contributed by atoms with van der Waals surface area (Å²) in [6, 6.07) is 7.25. The van der Waals surface area contributed by atoms with Gasteiger partial charge in [-0.25, -0.2) is 0 Å². The van der Waals surface area contributed by atoms with Gasteiger partial charge in [-0.1, -0.05) is 12.1 Å². The average Bonchev–Trinajstić information content (AvgIpc) is 2.67. The first kappa shape index (κ1) is 18.1. The quantitative estimate of drug-likeness (QED) is 0.586. The highest BCUT2D eigenvalue weighted by Gasteiger charge is 2.58. The molecule has 6 heteroatoms. The molecule has 4 bridgehead atoms. The second kappa shape index (κ2) is 6.55. The normalized spacial score (nSPS) is 36.5. The molecule has 150 valence electrons. The molecule has 0 N–H and O–H groups in total. The van der Waals surface area contributed by atoms with E-state index in [0.717, 1.165) is 19.5 Å². The van der Waals surface area contributed by atoms with Crippen molar-refractivity contribution in [1.82, 2.24) is 4.90 Å². The number of hydrogen-bond donors (Lipinski definition) is 0. The summed E-state index contributed by atoms with van der Waals surface area (Å²) in [5.74, 6) is 1.67. The van der Waals surface area contributed by atoms with Crippen LogP contribution in [0.5, 0.6) is 0 Å². The minimum Gasteiger partial charge on any atom is -0.378 e. The van der Waals surface area contributed by atoms with Crippen molar-refractivity contribution >= 4 is 11.6 Å². The number of non-ortho nitro benzene ring substituents is 1. The fourth-order valence-electron chi connectivity index (χ4n) is 7.18. The second-order valence-electron chi connectivity index (χ2n) is 9.72. The Morgan fingerprint density at radius 1 is 1.11 bits per heavy atom. The SMILES string of the molecule is O=C(CC12CC3CC(C1)CC(c1ccc([N+](=O)[O-])cc1)(C3)C2)N1CCOCC1. The fourth-order valence-corrected chi connectivity index (χ4v) is 7.18. The van der Waals surface area contributed by atoms with Gasteiger partial charge in [-0.2, -0.15) is 0 Å². The molecular formula is C22H28N2O4. The van der Waals surface area contributed by atoms with Gasteiger partial charge in [0.25, 0.3) is 5.69 Å². The summed E-state index contributed by atoms with van der Waals surface area (Å²) in [6.45, 7) is 2.73. The van der Waals surface area contributed by atoms with E-state index in [1.165, 1.54) is 37.7 Å². The number of hydrogen-bond acceptors (Lipinski definition) is 4. The van der Waals surface area contributed by atoms with Crippen molar-refractivity contribution in [2.75, 3.05) is 26.3 Å². The van der Waals surface area contributed by atoms with Crippen molar-refractivity contribution < 1.29 is 14.5 Å². The second-order valence-corrected chi connectivity index (χ2v) is 9.72. The maximum atomic E-state index is 13.0. The Labute approximate surface area is 165 Å². The summed E-state index contributed by atoms with van der Waals surface area (Å²) < 4.78 is 5.40. The van der Waals surface area contributed by atoms with Gasteiger partial charge in [0.05, 0.1) is 18.1 Å². The predicted molar refractivity (Wildman–Crippen MR) is 104 cm³/mol. The lowest BCUT2D eigenvalue weighted by molar-refractivity contribution is -0.384. The molecule has 28 heavy (non-hydrogen) atoms. The van der Waals surface area contributed by atoms with Gasteiger partial charge >= 0.3 is 0 Å². The maximum absolute atomic E-state index is 13.0. The van der Waals surface area contributed by atoms with Gasteiger partial charge in [0.1, 0.15) is 0 Å². The molecule has 1 saturated heterocycles. The van der Waals surface area contributed by atoms with Gasteiger partial charge in [-0.15, -0.1) is 0 Å². The minimum atomic E-state index is -0.327. The molecular weight excluding hydrogens is 356 g/mol. The summed E-state index contributed by atoms with van der Waals surface area (Å²) in [4.78, 5) is 25.7. The van der Waals surface area contributed by atoms with Crippen molar-refractivity contribution in [1.29, 1.82) is 0 Å². The van der Waals surface area contributed by atoms with Crippen LogP contribution >= 0.6 is 0 Å². The molecule has 1 amide bonds. The number of benzene rings is 1. The van der Waals surface area contributed by atoms with Crippen LogP contribution in [0.4, 0.5) is 5.69 Å². The number of nitro benzene ring substituents is 1. The van der Waals surface area contributed by atoms with Crippen LogP contribution in [-0.2, 0) is 14.9 Å². The molecule has 1 aliphatic heterocycles. The largest absolute Gasteiger partial charge is 0.378 e. The maximum Gasteiger partial charge on any atom is 0.269 e. The van der Waals surface area contributed by atoms with E-state index in [0.29, 0.717) is 37.4 Å². The molecule has 2 unspecified atom stereocenters. The van der Waals surface area contributed by atoms with Gasteiger partial charge in [-0.3, -0.25) is 14.9 Å². The minimum absolute atomic E-state index is 0.102. The van der Waals surface area contributed by atoms with Crippen molar-refractivity contribution in [2.45, 2.75) is 50.4 Å². The van der Waals surface area contributed by atoms with Crippen LogP contribution in [0.3, 0.4) is 0 Å². The van der Waals surface area contributed by atoms with Crippen LogP contribution in [0.25, 0.3) is 0 Å². The zero-order valence-corrected chi connectivity index (χ0v) is 16.3. The number of carbonyl (C=O) groups is 1. The van der Waals surface area contributed by atoms with Crippen molar-refractivity contribution in [3.63, 3.8) is 0 Å². The van der Waals surface area contributed by atoms with Gasteiger partial charge < -0.3 is 9.64 Å². The van der Waals surface area contributed by atoms with Crippen molar-refractivity contribution in [3.8, 4) is 0 Å². The van der Waals surface area contributed by atoms with E-state index in [4.69, 9.17) is 4.74 Å². The molecule has 6 nitrogen and oxygen atoms in total. The zero-order valence-electron chi connectivity index (χ0n) is 16.3. The molecule has 1 aromatic carbocycles. The van der Waals surface area contributed by atoms with Crippen LogP contribution < -0.4 is 0 Å². The fraction of sp³-hybridized carbons (Fsp3) is 0.682. The summed E-state index contributed by atoms with van der Waals surface area (Å²) in [6.07, 6.45) is 7.71. The molecule has 0 radical (unpaired) electrons. The van der Waals surface area contributed by atoms with Gasteiger partial charge in [0.15, 0.2) is 0 Å². The van der Waals surface area contributed by atoms with E-state index >= 15 is 0 Å². The number of carbonyl (C=O) groups excluding carboxylic acids is 1. The van der Waals surface area contributed by atoms with Crippen molar-refractivity contribution in [3.05, 3.63) is 39.9 Å².